The Kier molecular flexibility index (Phi) is 8.41. The second-order valence-electron chi connectivity index (χ2n) is 10.9. The number of hydrogen-bond donors (Lipinski definition) is 2. The number of amides is 3. The molecule has 1 fully saturated rings. The standard InChI is InChI=1S/C30H40N4O4/c1-7-25-16-26(14-19(4)31-25)32-29(36)23-10-8-22(9-11-23)24-12-13-27-28(15-24)33(30(37)38-18(2)3)17-20(5)34(27)21(6)35/h8-13,15,18-20,25-26,31H,7,14,16-17H2,1-6H3,(H,32,36)/t19-,20-,25+,26+/m0/s1. The molecule has 0 spiro atoms. The molecule has 0 aromatic heterocycles. The summed E-state index contributed by atoms with van der Waals surface area (Å²) in [6.07, 6.45) is 2.21. The van der Waals surface area contributed by atoms with Crippen LogP contribution in [0.1, 0.15) is 71.2 Å². The lowest BCUT2D eigenvalue weighted by Gasteiger charge is -2.40. The van der Waals surface area contributed by atoms with E-state index < -0.39 is 6.09 Å². The SMILES string of the molecule is CC[C@@H]1C[C@H](NC(=O)c2ccc(-c3ccc4c(c3)N(C(=O)OC(C)C)C[C@H](C)N4C(C)=O)cc2)C[C@H](C)N1. The third kappa shape index (κ3) is 6.01. The number of carbonyl (C=O) groups excluding carboxylic acids is 3. The van der Waals surface area contributed by atoms with Gasteiger partial charge in [-0.25, -0.2) is 4.79 Å². The van der Waals surface area contributed by atoms with E-state index in [4.69, 9.17) is 4.74 Å². The molecular formula is C30H40N4O4. The summed E-state index contributed by atoms with van der Waals surface area (Å²) in [7, 11) is 0. The van der Waals surface area contributed by atoms with Crippen LogP contribution in [-0.2, 0) is 9.53 Å². The quantitative estimate of drug-likeness (QED) is 0.572. The van der Waals surface area contributed by atoms with Crippen LogP contribution < -0.4 is 20.4 Å². The molecule has 2 aliphatic heterocycles. The van der Waals surface area contributed by atoms with Gasteiger partial charge in [0, 0.05) is 37.2 Å². The number of nitrogens with one attached hydrogen (secondary N) is 2. The Balaban J connectivity index is 1.57. The van der Waals surface area contributed by atoms with Gasteiger partial charge in [-0.15, -0.1) is 0 Å². The lowest BCUT2D eigenvalue weighted by atomic mass is 9.93. The van der Waals surface area contributed by atoms with Crippen molar-refractivity contribution in [3.63, 3.8) is 0 Å². The van der Waals surface area contributed by atoms with Crippen LogP contribution >= 0.6 is 0 Å². The van der Waals surface area contributed by atoms with Gasteiger partial charge in [-0.05, 0) is 82.3 Å². The van der Waals surface area contributed by atoms with Crippen LogP contribution in [0.25, 0.3) is 11.1 Å². The minimum Gasteiger partial charge on any atom is -0.446 e. The first-order valence-corrected chi connectivity index (χ1v) is 13.7. The summed E-state index contributed by atoms with van der Waals surface area (Å²) in [6.45, 7) is 11.8. The highest BCUT2D eigenvalue weighted by molar-refractivity contribution is 6.03. The summed E-state index contributed by atoms with van der Waals surface area (Å²) in [4.78, 5) is 41.7. The molecular weight excluding hydrogens is 480 g/mol. The van der Waals surface area contributed by atoms with Crippen molar-refractivity contribution >= 4 is 29.3 Å². The van der Waals surface area contributed by atoms with Crippen molar-refractivity contribution in [2.75, 3.05) is 16.3 Å². The highest BCUT2D eigenvalue weighted by Crippen LogP contribution is 2.39. The van der Waals surface area contributed by atoms with Gasteiger partial charge in [-0.3, -0.25) is 14.5 Å². The van der Waals surface area contributed by atoms with E-state index in [1.54, 1.807) is 9.80 Å². The fraction of sp³-hybridized carbons (Fsp3) is 0.500. The minimum atomic E-state index is -0.432. The van der Waals surface area contributed by atoms with Gasteiger partial charge in [0.2, 0.25) is 5.91 Å². The highest BCUT2D eigenvalue weighted by atomic mass is 16.6. The molecule has 8 heteroatoms. The molecule has 0 saturated carbocycles. The fourth-order valence-electron chi connectivity index (χ4n) is 5.61. The molecule has 3 amide bonds. The molecule has 2 heterocycles. The molecule has 8 nitrogen and oxygen atoms in total. The molecule has 2 aromatic carbocycles. The lowest BCUT2D eigenvalue weighted by Crippen LogP contribution is -2.51. The molecule has 1 saturated heterocycles. The Morgan fingerprint density at radius 3 is 2.34 bits per heavy atom. The average Bonchev–Trinajstić information content (AvgIpc) is 2.86. The lowest BCUT2D eigenvalue weighted by molar-refractivity contribution is -0.117. The van der Waals surface area contributed by atoms with Crippen molar-refractivity contribution < 1.29 is 19.1 Å². The first-order valence-electron chi connectivity index (χ1n) is 13.7. The van der Waals surface area contributed by atoms with Gasteiger partial charge in [0.05, 0.1) is 23.5 Å². The molecule has 2 N–H and O–H groups in total. The number of nitrogens with zero attached hydrogens (tertiary/aromatic N) is 2. The van der Waals surface area contributed by atoms with Crippen LogP contribution in [0.4, 0.5) is 16.2 Å². The van der Waals surface area contributed by atoms with Crippen LogP contribution in [0, 0.1) is 0 Å². The second-order valence-corrected chi connectivity index (χ2v) is 10.9. The summed E-state index contributed by atoms with van der Waals surface area (Å²) >= 11 is 0. The summed E-state index contributed by atoms with van der Waals surface area (Å²) < 4.78 is 5.50. The van der Waals surface area contributed by atoms with Crippen molar-refractivity contribution in [2.45, 2.75) is 91.1 Å². The average molecular weight is 521 g/mol. The number of carbonyl (C=O) groups is 3. The van der Waals surface area contributed by atoms with E-state index in [0.717, 1.165) is 30.4 Å². The zero-order valence-corrected chi connectivity index (χ0v) is 23.3. The number of anilines is 2. The molecule has 38 heavy (non-hydrogen) atoms. The number of rotatable bonds is 5. The van der Waals surface area contributed by atoms with Crippen molar-refractivity contribution in [3.05, 3.63) is 48.0 Å². The zero-order valence-electron chi connectivity index (χ0n) is 23.3. The summed E-state index contributed by atoms with van der Waals surface area (Å²) in [5, 5.41) is 6.79. The van der Waals surface area contributed by atoms with Crippen molar-refractivity contribution in [3.8, 4) is 11.1 Å². The predicted octanol–water partition coefficient (Wildman–Crippen LogP) is 5.11. The largest absolute Gasteiger partial charge is 0.446 e. The third-order valence-corrected chi connectivity index (χ3v) is 7.35. The molecule has 2 aliphatic rings. The first-order chi connectivity index (χ1) is 18.1. The molecule has 204 valence electrons. The topological polar surface area (TPSA) is 91.0 Å². The predicted molar refractivity (Wildman–Crippen MR) is 151 cm³/mol. The normalized spacial score (nSPS) is 23.1. The van der Waals surface area contributed by atoms with Crippen LogP contribution in [0.15, 0.2) is 42.5 Å². The van der Waals surface area contributed by atoms with Gasteiger partial charge >= 0.3 is 6.09 Å². The van der Waals surface area contributed by atoms with Crippen LogP contribution in [0.5, 0.6) is 0 Å². The molecule has 0 unspecified atom stereocenters. The summed E-state index contributed by atoms with van der Waals surface area (Å²) in [5.74, 6) is -0.142. The van der Waals surface area contributed by atoms with E-state index in [0.29, 0.717) is 35.6 Å². The second kappa shape index (κ2) is 11.6. The first kappa shape index (κ1) is 27.6. The van der Waals surface area contributed by atoms with Gasteiger partial charge in [0.1, 0.15) is 0 Å². The smallest absolute Gasteiger partial charge is 0.414 e. The van der Waals surface area contributed by atoms with E-state index in [9.17, 15) is 14.4 Å². The maximum Gasteiger partial charge on any atom is 0.414 e. The molecule has 4 rings (SSSR count). The van der Waals surface area contributed by atoms with Gasteiger partial charge < -0.3 is 20.3 Å². The van der Waals surface area contributed by atoms with E-state index in [-0.39, 0.29) is 30.0 Å². The zero-order chi connectivity index (χ0) is 27.6. The number of fused-ring (bicyclic) bond motifs is 1. The number of piperidine rings is 1. The Morgan fingerprint density at radius 1 is 1.03 bits per heavy atom. The maximum absolute atomic E-state index is 13.0. The Bertz CT molecular complexity index is 1180. The van der Waals surface area contributed by atoms with E-state index in [2.05, 4.69) is 24.5 Å². The number of benzene rings is 2. The van der Waals surface area contributed by atoms with Gasteiger partial charge in [0.25, 0.3) is 5.91 Å². The summed E-state index contributed by atoms with van der Waals surface area (Å²) in [6, 6.07) is 14.0. The van der Waals surface area contributed by atoms with Crippen molar-refractivity contribution in [2.24, 2.45) is 0 Å². The van der Waals surface area contributed by atoms with Crippen LogP contribution in [0.2, 0.25) is 0 Å². The molecule has 0 bridgehead atoms. The molecule has 4 atom stereocenters. The maximum atomic E-state index is 13.0. The van der Waals surface area contributed by atoms with Gasteiger partial charge in [-0.2, -0.15) is 0 Å². The number of hydrogen-bond acceptors (Lipinski definition) is 5. The third-order valence-electron chi connectivity index (χ3n) is 7.35. The van der Waals surface area contributed by atoms with Crippen molar-refractivity contribution in [1.82, 2.24) is 10.6 Å². The monoisotopic (exact) mass is 520 g/mol. The Morgan fingerprint density at radius 2 is 1.71 bits per heavy atom. The van der Waals surface area contributed by atoms with E-state index >= 15 is 0 Å². The van der Waals surface area contributed by atoms with Crippen LogP contribution in [-0.4, -0.2) is 54.7 Å². The van der Waals surface area contributed by atoms with E-state index in [1.165, 1.54) is 6.92 Å². The van der Waals surface area contributed by atoms with Gasteiger partial charge in [-0.1, -0.05) is 25.1 Å². The minimum absolute atomic E-state index is 0.0652. The molecule has 0 aliphatic carbocycles. The fourth-order valence-corrected chi connectivity index (χ4v) is 5.61. The van der Waals surface area contributed by atoms with Crippen LogP contribution in [0.3, 0.4) is 0 Å². The Hall–Kier alpha value is -3.39. The summed E-state index contributed by atoms with van der Waals surface area (Å²) in [5.41, 5.74) is 3.72. The number of ether oxygens (including phenoxy) is 1. The van der Waals surface area contributed by atoms with Crippen molar-refractivity contribution in [1.29, 1.82) is 0 Å². The van der Waals surface area contributed by atoms with E-state index in [1.807, 2.05) is 63.2 Å². The molecule has 0 radical (unpaired) electrons. The van der Waals surface area contributed by atoms with Gasteiger partial charge in [0.15, 0.2) is 0 Å². The highest BCUT2D eigenvalue weighted by Gasteiger charge is 2.35. The Labute approximate surface area is 225 Å². The molecule has 2 aromatic rings.